The van der Waals surface area contributed by atoms with Crippen LogP contribution in [0.2, 0.25) is 0 Å². The number of anilines is 1. The highest BCUT2D eigenvalue weighted by Gasteiger charge is 2.29. The van der Waals surface area contributed by atoms with Gasteiger partial charge in [-0.05, 0) is 49.4 Å². The fraction of sp³-hybridized carbons (Fsp3) is 0.240. The zero-order valence-corrected chi connectivity index (χ0v) is 20.6. The Bertz CT molecular complexity index is 1280. The fourth-order valence-electron chi connectivity index (χ4n) is 3.55. The average molecular weight is 503 g/mol. The number of carbonyl (C=O) groups excluding carboxylic acids is 1. The van der Waals surface area contributed by atoms with Gasteiger partial charge in [0.05, 0.1) is 38.0 Å². The molecule has 1 amide bonds. The number of sulfonamides is 1. The number of methoxy groups -OCH3 is 3. The molecule has 35 heavy (non-hydrogen) atoms. The highest BCUT2D eigenvalue weighted by Crippen LogP contribution is 2.32. The lowest BCUT2D eigenvalue weighted by Gasteiger charge is -2.25. The number of nitrogens with one attached hydrogen (secondary N) is 1. The predicted molar refractivity (Wildman–Crippen MR) is 130 cm³/mol. The normalized spacial score (nSPS) is 11.9. The van der Waals surface area contributed by atoms with Crippen LogP contribution in [0.4, 0.5) is 10.1 Å². The monoisotopic (exact) mass is 502 g/mol. The summed E-state index contributed by atoms with van der Waals surface area (Å²) in [6.07, 6.45) is 0. The van der Waals surface area contributed by atoms with Crippen molar-refractivity contribution in [1.82, 2.24) is 5.32 Å². The zero-order chi connectivity index (χ0) is 25.6. The molecule has 8 nitrogen and oxygen atoms in total. The number of rotatable bonds is 10. The van der Waals surface area contributed by atoms with Gasteiger partial charge in [-0.2, -0.15) is 0 Å². The van der Waals surface area contributed by atoms with Crippen LogP contribution in [0.3, 0.4) is 0 Å². The molecule has 0 aliphatic carbocycles. The molecule has 0 bridgehead atoms. The minimum absolute atomic E-state index is 0.120. The van der Waals surface area contributed by atoms with Gasteiger partial charge in [-0.3, -0.25) is 9.10 Å². The Kier molecular flexibility index (Phi) is 8.18. The van der Waals surface area contributed by atoms with E-state index in [4.69, 9.17) is 14.2 Å². The highest BCUT2D eigenvalue weighted by molar-refractivity contribution is 7.92. The second-order valence-electron chi connectivity index (χ2n) is 7.54. The molecule has 1 unspecified atom stereocenters. The van der Waals surface area contributed by atoms with E-state index in [2.05, 4.69) is 5.32 Å². The summed E-state index contributed by atoms with van der Waals surface area (Å²) in [5, 5.41) is 2.80. The largest absolute Gasteiger partial charge is 0.496 e. The van der Waals surface area contributed by atoms with Gasteiger partial charge in [0.1, 0.15) is 18.1 Å². The molecule has 0 aliphatic heterocycles. The van der Waals surface area contributed by atoms with Gasteiger partial charge in [0.25, 0.3) is 10.0 Å². The molecule has 0 heterocycles. The third-order valence-electron chi connectivity index (χ3n) is 5.33. The maximum Gasteiger partial charge on any atom is 0.264 e. The molecule has 0 radical (unpaired) electrons. The van der Waals surface area contributed by atoms with Crippen molar-refractivity contribution in [2.24, 2.45) is 0 Å². The molecule has 3 aromatic carbocycles. The maximum absolute atomic E-state index is 13.6. The molecule has 0 aliphatic rings. The van der Waals surface area contributed by atoms with E-state index in [1.165, 1.54) is 51.7 Å². The standard InChI is InChI=1S/C25H27FN2O6S/c1-17(21-7-5-6-8-22(21)32-2)27-25(29)16-28(19-11-9-18(26)10-12-19)35(30,31)20-13-14-23(33-3)24(15-20)34-4/h5-15,17H,16H2,1-4H3,(H,27,29). The molecular formula is C25H27FN2O6S. The number of ether oxygens (including phenoxy) is 3. The van der Waals surface area contributed by atoms with Gasteiger partial charge in [0.2, 0.25) is 5.91 Å². The second kappa shape index (κ2) is 11.1. The average Bonchev–Trinajstić information content (AvgIpc) is 2.87. The minimum atomic E-state index is -4.24. The lowest BCUT2D eigenvalue weighted by Crippen LogP contribution is -2.41. The molecule has 3 aromatic rings. The molecule has 3 rings (SSSR count). The summed E-state index contributed by atoms with van der Waals surface area (Å²) in [5.41, 5.74) is 0.862. The molecule has 1 atom stereocenters. The van der Waals surface area contributed by atoms with Gasteiger partial charge in [-0.15, -0.1) is 0 Å². The first-order valence-electron chi connectivity index (χ1n) is 10.6. The van der Waals surface area contributed by atoms with E-state index in [-0.39, 0.29) is 16.3 Å². The zero-order valence-electron chi connectivity index (χ0n) is 19.8. The molecule has 10 heteroatoms. The maximum atomic E-state index is 13.6. The van der Waals surface area contributed by atoms with Gasteiger partial charge in [0.15, 0.2) is 11.5 Å². The number of benzene rings is 3. The topological polar surface area (TPSA) is 94.2 Å². The summed E-state index contributed by atoms with van der Waals surface area (Å²) in [5.74, 6) is 0.0573. The Morgan fingerprint density at radius 1 is 0.914 bits per heavy atom. The third-order valence-corrected chi connectivity index (χ3v) is 7.10. The van der Waals surface area contributed by atoms with E-state index >= 15 is 0 Å². The van der Waals surface area contributed by atoms with Crippen molar-refractivity contribution in [2.45, 2.75) is 17.9 Å². The van der Waals surface area contributed by atoms with Crippen molar-refractivity contribution in [2.75, 3.05) is 32.2 Å². The third kappa shape index (κ3) is 5.83. The van der Waals surface area contributed by atoms with Gasteiger partial charge in [0, 0.05) is 11.6 Å². The van der Waals surface area contributed by atoms with E-state index in [1.807, 2.05) is 18.2 Å². The molecule has 0 spiro atoms. The quantitative estimate of drug-likeness (QED) is 0.452. The summed E-state index contributed by atoms with van der Waals surface area (Å²) < 4.78 is 57.5. The van der Waals surface area contributed by atoms with E-state index in [1.54, 1.807) is 13.0 Å². The van der Waals surface area contributed by atoms with Crippen LogP contribution in [-0.4, -0.2) is 42.2 Å². The molecule has 1 N–H and O–H groups in total. The van der Waals surface area contributed by atoms with Crippen molar-refractivity contribution in [3.8, 4) is 17.2 Å². The minimum Gasteiger partial charge on any atom is -0.496 e. The smallest absolute Gasteiger partial charge is 0.264 e. The van der Waals surface area contributed by atoms with Crippen LogP contribution in [-0.2, 0) is 14.8 Å². The van der Waals surface area contributed by atoms with E-state index in [0.29, 0.717) is 11.5 Å². The van der Waals surface area contributed by atoms with Crippen LogP contribution in [0.5, 0.6) is 17.2 Å². The summed E-state index contributed by atoms with van der Waals surface area (Å²) in [4.78, 5) is 12.9. The Morgan fingerprint density at radius 3 is 2.17 bits per heavy atom. The highest BCUT2D eigenvalue weighted by atomic mass is 32.2. The molecule has 0 saturated heterocycles. The van der Waals surface area contributed by atoms with Crippen molar-refractivity contribution in [3.05, 3.63) is 78.1 Å². The Morgan fingerprint density at radius 2 is 1.54 bits per heavy atom. The van der Waals surface area contributed by atoms with Gasteiger partial charge in [-0.25, -0.2) is 12.8 Å². The number of para-hydroxylation sites is 1. The SMILES string of the molecule is COc1ccc(S(=O)(=O)N(CC(=O)NC(C)c2ccccc2OC)c2ccc(F)cc2)cc1OC. The second-order valence-corrected chi connectivity index (χ2v) is 9.40. The van der Waals surface area contributed by atoms with Crippen molar-refractivity contribution in [3.63, 3.8) is 0 Å². The first-order valence-corrected chi connectivity index (χ1v) is 12.1. The van der Waals surface area contributed by atoms with Crippen LogP contribution < -0.4 is 23.8 Å². The molecular weight excluding hydrogens is 475 g/mol. The van der Waals surface area contributed by atoms with Crippen molar-refractivity contribution < 1.29 is 31.8 Å². The van der Waals surface area contributed by atoms with Crippen LogP contribution in [0.15, 0.2) is 71.6 Å². The van der Waals surface area contributed by atoms with Crippen LogP contribution in [0, 0.1) is 5.82 Å². The first kappa shape index (κ1) is 25.8. The van der Waals surface area contributed by atoms with Crippen LogP contribution in [0.25, 0.3) is 0 Å². The summed E-state index contributed by atoms with van der Waals surface area (Å²) in [6, 6.07) is 15.7. The van der Waals surface area contributed by atoms with Crippen LogP contribution >= 0.6 is 0 Å². The van der Waals surface area contributed by atoms with Gasteiger partial charge < -0.3 is 19.5 Å². The lowest BCUT2D eigenvalue weighted by atomic mass is 10.1. The van der Waals surface area contributed by atoms with Crippen molar-refractivity contribution in [1.29, 1.82) is 0 Å². The molecule has 0 fully saturated rings. The van der Waals surface area contributed by atoms with Crippen molar-refractivity contribution >= 4 is 21.6 Å². The summed E-state index contributed by atoms with van der Waals surface area (Å²) in [6.45, 7) is 1.22. The van der Waals surface area contributed by atoms with E-state index in [9.17, 15) is 17.6 Å². The lowest BCUT2D eigenvalue weighted by molar-refractivity contribution is -0.120. The number of halogens is 1. The molecule has 186 valence electrons. The number of hydrogen-bond donors (Lipinski definition) is 1. The first-order chi connectivity index (χ1) is 16.7. The number of carbonyl (C=O) groups is 1. The number of amides is 1. The Labute approximate surface area is 204 Å². The summed E-state index contributed by atoms with van der Waals surface area (Å²) >= 11 is 0. The Balaban J connectivity index is 1.94. The molecule has 0 saturated carbocycles. The van der Waals surface area contributed by atoms with E-state index < -0.39 is 34.3 Å². The number of hydrogen-bond acceptors (Lipinski definition) is 6. The van der Waals surface area contributed by atoms with Crippen LogP contribution in [0.1, 0.15) is 18.5 Å². The predicted octanol–water partition coefficient (Wildman–Crippen LogP) is 3.92. The Hall–Kier alpha value is -3.79. The molecule has 0 aromatic heterocycles. The van der Waals surface area contributed by atoms with Gasteiger partial charge in [-0.1, -0.05) is 18.2 Å². The van der Waals surface area contributed by atoms with E-state index in [0.717, 1.165) is 22.0 Å². The number of nitrogens with zero attached hydrogens (tertiary/aromatic N) is 1. The van der Waals surface area contributed by atoms with Gasteiger partial charge >= 0.3 is 0 Å². The fourth-order valence-corrected chi connectivity index (χ4v) is 4.98. The summed E-state index contributed by atoms with van der Waals surface area (Å²) in [7, 11) is 0.106.